The van der Waals surface area contributed by atoms with Crippen LogP contribution in [0.2, 0.25) is 0 Å². The van der Waals surface area contributed by atoms with Gasteiger partial charge in [0.2, 0.25) is 11.8 Å². The Bertz CT molecular complexity index is 1160. The summed E-state index contributed by atoms with van der Waals surface area (Å²) in [5, 5.41) is 0. The van der Waals surface area contributed by atoms with Crippen molar-refractivity contribution in [3.8, 4) is 22.6 Å². The van der Waals surface area contributed by atoms with Crippen molar-refractivity contribution < 1.29 is 19.1 Å². The standard InChI is InChI=1S/C46H80N6O4/c1-3-5-7-9-11-17-33-51(45(53)43(49)21-13-15-31-47)35-19-37-55-41-27-23-39(24-28-41)40-25-29-42(30-26-40)56-38-20-36-52(34-18-12-10-8-6-4-2)46(54)44(50)22-14-16-32-48/h23-30,43-44H,3-22,31-38,47-50H2,1-2H3/t43-,44-/m0/s1. The molecule has 0 radical (unpaired) electrons. The van der Waals surface area contributed by atoms with Crippen molar-refractivity contribution in [2.75, 3.05) is 52.5 Å². The van der Waals surface area contributed by atoms with Crippen molar-refractivity contribution in [2.24, 2.45) is 22.9 Å². The summed E-state index contributed by atoms with van der Waals surface area (Å²) in [7, 11) is 0. The fourth-order valence-electron chi connectivity index (χ4n) is 6.94. The molecule has 0 fully saturated rings. The van der Waals surface area contributed by atoms with E-state index in [1.807, 2.05) is 34.1 Å². The summed E-state index contributed by atoms with van der Waals surface area (Å²) in [4.78, 5) is 30.3. The first-order valence-electron chi connectivity index (χ1n) is 22.3. The van der Waals surface area contributed by atoms with E-state index in [9.17, 15) is 9.59 Å². The zero-order valence-electron chi connectivity index (χ0n) is 35.4. The molecule has 318 valence electrons. The summed E-state index contributed by atoms with van der Waals surface area (Å²) in [6.45, 7) is 9.54. The van der Waals surface area contributed by atoms with Gasteiger partial charge in [-0.05, 0) is 99.8 Å². The molecule has 0 saturated heterocycles. The van der Waals surface area contributed by atoms with Crippen LogP contribution in [0.1, 0.15) is 142 Å². The molecule has 0 spiro atoms. The Balaban J connectivity index is 1.82. The topological polar surface area (TPSA) is 163 Å². The number of unbranched alkanes of at least 4 members (excludes halogenated alkanes) is 12. The van der Waals surface area contributed by atoms with E-state index >= 15 is 0 Å². The van der Waals surface area contributed by atoms with Crippen LogP contribution in [-0.2, 0) is 9.59 Å². The lowest BCUT2D eigenvalue weighted by molar-refractivity contribution is -0.133. The Kier molecular flexibility index (Phi) is 27.9. The van der Waals surface area contributed by atoms with Crippen molar-refractivity contribution >= 4 is 11.8 Å². The predicted molar refractivity (Wildman–Crippen MR) is 234 cm³/mol. The minimum absolute atomic E-state index is 0.0452. The zero-order chi connectivity index (χ0) is 40.6. The van der Waals surface area contributed by atoms with Gasteiger partial charge in [-0.25, -0.2) is 0 Å². The first-order valence-corrected chi connectivity index (χ1v) is 22.3. The first kappa shape index (κ1) is 49.0. The van der Waals surface area contributed by atoms with Gasteiger partial charge in [-0.15, -0.1) is 0 Å². The molecule has 0 aliphatic carbocycles. The van der Waals surface area contributed by atoms with Crippen LogP contribution < -0.4 is 32.4 Å². The molecule has 0 unspecified atom stereocenters. The van der Waals surface area contributed by atoms with Crippen molar-refractivity contribution in [2.45, 2.75) is 154 Å². The molecule has 10 heteroatoms. The SMILES string of the molecule is CCCCCCCCN(CCCOc1ccc(-c2ccc(OCCCN(CCCCCCCC)C(=O)[C@@H](N)CCCCN)cc2)cc1)C(=O)[C@@H](N)CCCCN. The third-order valence-corrected chi connectivity index (χ3v) is 10.5. The summed E-state index contributed by atoms with van der Waals surface area (Å²) in [6, 6.07) is 15.3. The highest BCUT2D eigenvalue weighted by molar-refractivity contribution is 5.82. The van der Waals surface area contributed by atoms with Crippen LogP contribution >= 0.6 is 0 Å². The van der Waals surface area contributed by atoms with Gasteiger partial charge in [0.1, 0.15) is 11.5 Å². The maximum absolute atomic E-state index is 13.2. The Morgan fingerprint density at radius 2 is 0.821 bits per heavy atom. The molecule has 2 atom stereocenters. The molecule has 0 heterocycles. The van der Waals surface area contributed by atoms with Crippen molar-refractivity contribution in [3.05, 3.63) is 48.5 Å². The summed E-state index contributed by atoms with van der Waals surface area (Å²) in [5.41, 5.74) is 26.1. The average Bonchev–Trinajstić information content (AvgIpc) is 3.22. The van der Waals surface area contributed by atoms with Crippen molar-refractivity contribution in [1.82, 2.24) is 9.80 Å². The number of rotatable bonds is 35. The minimum Gasteiger partial charge on any atom is -0.494 e. The third-order valence-electron chi connectivity index (χ3n) is 10.5. The van der Waals surface area contributed by atoms with Gasteiger partial charge >= 0.3 is 0 Å². The molecule has 0 aliphatic rings. The molecule has 10 nitrogen and oxygen atoms in total. The number of amides is 2. The number of hydrogen-bond acceptors (Lipinski definition) is 8. The maximum atomic E-state index is 13.2. The van der Waals surface area contributed by atoms with E-state index < -0.39 is 12.1 Å². The molecule has 0 aromatic heterocycles. The largest absolute Gasteiger partial charge is 0.494 e. The molecule has 56 heavy (non-hydrogen) atoms. The Hall–Kier alpha value is -3.18. The lowest BCUT2D eigenvalue weighted by Gasteiger charge is -2.26. The Morgan fingerprint density at radius 3 is 1.18 bits per heavy atom. The highest BCUT2D eigenvalue weighted by Crippen LogP contribution is 2.25. The minimum atomic E-state index is -0.468. The molecule has 0 aliphatic heterocycles. The molecule has 2 aromatic carbocycles. The fourth-order valence-corrected chi connectivity index (χ4v) is 6.94. The number of carbonyl (C=O) groups is 2. The molecule has 2 rings (SSSR count). The molecular weight excluding hydrogens is 701 g/mol. The zero-order valence-corrected chi connectivity index (χ0v) is 35.4. The third kappa shape index (κ3) is 21.4. The van der Waals surface area contributed by atoms with Crippen molar-refractivity contribution in [1.29, 1.82) is 0 Å². The van der Waals surface area contributed by atoms with E-state index in [-0.39, 0.29) is 11.8 Å². The van der Waals surface area contributed by atoms with Gasteiger partial charge in [-0.3, -0.25) is 9.59 Å². The number of nitrogens with zero attached hydrogens (tertiary/aromatic N) is 2. The number of ether oxygens (including phenoxy) is 2. The lowest BCUT2D eigenvalue weighted by Crippen LogP contribution is -2.45. The monoisotopic (exact) mass is 781 g/mol. The number of nitrogens with two attached hydrogens (primary N) is 4. The van der Waals surface area contributed by atoms with Gasteiger partial charge in [-0.2, -0.15) is 0 Å². The van der Waals surface area contributed by atoms with E-state index in [1.165, 1.54) is 51.4 Å². The van der Waals surface area contributed by atoms with Gasteiger partial charge < -0.3 is 42.2 Å². The Morgan fingerprint density at radius 1 is 0.482 bits per heavy atom. The van der Waals surface area contributed by atoms with Crippen LogP contribution in [0.3, 0.4) is 0 Å². The van der Waals surface area contributed by atoms with Gasteiger partial charge in [0.25, 0.3) is 0 Å². The molecule has 8 N–H and O–H groups in total. The quantitative estimate of drug-likeness (QED) is 0.0509. The average molecular weight is 781 g/mol. The summed E-state index contributed by atoms with van der Waals surface area (Å²) >= 11 is 0. The van der Waals surface area contributed by atoms with Crippen LogP contribution in [0.4, 0.5) is 0 Å². The number of hydrogen-bond donors (Lipinski definition) is 4. The number of benzene rings is 2. The van der Waals surface area contributed by atoms with Gasteiger partial charge in [0.05, 0.1) is 25.3 Å². The van der Waals surface area contributed by atoms with Gasteiger partial charge in [0, 0.05) is 26.2 Å². The van der Waals surface area contributed by atoms with Crippen LogP contribution in [0.15, 0.2) is 48.5 Å². The van der Waals surface area contributed by atoms with E-state index in [0.29, 0.717) is 52.2 Å². The summed E-state index contributed by atoms with van der Waals surface area (Å²) in [5.74, 6) is 1.70. The van der Waals surface area contributed by atoms with E-state index in [4.69, 9.17) is 32.4 Å². The van der Waals surface area contributed by atoms with E-state index in [2.05, 4.69) is 38.1 Å². The summed E-state index contributed by atoms with van der Waals surface area (Å²) in [6.07, 6.45) is 20.6. The molecule has 2 amide bonds. The second kappa shape index (κ2) is 31.9. The molecule has 0 saturated carbocycles. The first-order chi connectivity index (χ1) is 27.3. The molecule has 0 bridgehead atoms. The number of carbonyl (C=O) groups excluding carboxylic acids is 2. The van der Waals surface area contributed by atoms with Crippen molar-refractivity contribution in [3.63, 3.8) is 0 Å². The van der Waals surface area contributed by atoms with Crippen LogP contribution in [0.5, 0.6) is 11.5 Å². The highest BCUT2D eigenvalue weighted by atomic mass is 16.5. The second-order valence-corrected chi connectivity index (χ2v) is 15.4. The van der Waals surface area contributed by atoms with Gasteiger partial charge in [-0.1, -0.05) is 115 Å². The van der Waals surface area contributed by atoms with E-state index in [0.717, 1.165) is 99.9 Å². The van der Waals surface area contributed by atoms with Crippen LogP contribution in [0.25, 0.3) is 11.1 Å². The fraction of sp³-hybridized carbons (Fsp3) is 0.696. The smallest absolute Gasteiger partial charge is 0.239 e. The van der Waals surface area contributed by atoms with Gasteiger partial charge in [0.15, 0.2) is 0 Å². The molecular formula is C46H80N6O4. The lowest BCUT2D eigenvalue weighted by atomic mass is 10.1. The predicted octanol–water partition coefficient (Wildman–Crippen LogP) is 8.18. The summed E-state index contributed by atoms with van der Waals surface area (Å²) < 4.78 is 12.2. The highest BCUT2D eigenvalue weighted by Gasteiger charge is 2.21. The maximum Gasteiger partial charge on any atom is 0.239 e. The Labute approximate surface area is 340 Å². The second-order valence-electron chi connectivity index (χ2n) is 15.4. The van der Waals surface area contributed by atoms with E-state index in [1.54, 1.807) is 0 Å². The van der Waals surface area contributed by atoms with Crippen LogP contribution in [-0.4, -0.2) is 86.2 Å². The normalized spacial score (nSPS) is 12.3. The van der Waals surface area contributed by atoms with Crippen LogP contribution in [0, 0.1) is 0 Å². The molecule has 2 aromatic rings.